The SMILES string of the molecule is C=CC1CCCC2=C1c1cc3nc(cc4[nH]c(cc5[nH]c(cc2n1)c1c5CCCC1C=C)c1c4CCCC1C=C)C1=C3CCCC1C=C. The van der Waals surface area contributed by atoms with Gasteiger partial charge in [0, 0.05) is 45.7 Å². The molecular weight excluding hydrogens is 585 g/mol. The zero-order chi connectivity index (χ0) is 32.5. The molecule has 6 aliphatic rings. The molecule has 4 unspecified atom stereocenters. The van der Waals surface area contributed by atoms with E-state index in [1.54, 1.807) is 0 Å². The Balaban J connectivity index is 1.45. The smallest absolute Gasteiger partial charge is 0.0700 e. The number of hydrogen-bond donors (Lipinski definition) is 2. The summed E-state index contributed by atoms with van der Waals surface area (Å²) in [5.74, 6) is 1.28. The third-order valence-corrected chi connectivity index (χ3v) is 12.2. The van der Waals surface area contributed by atoms with E-state index in [1.807, 2.05) is 0 Å². The van der Waals surface area contributed by atoms with Gasteiger partial charge in [-0.05, 0) is 146 Å². The van der Waals surface area contributed by atoms with Crippen LogP contribution in [0.5, 0.6) is 0 Å². The first-order valence-electron chi connectivity index (χ1n) is 18.4. The monoisotopic (exact) mass is 630 g/mol. The predicted molar refractivity (Wildman–Crippen MR) is 201 cm³/mol. The normalized spacial score (nSPS) is 24.7. The molecule has 3 aromatic heterocycles. The third kappa shape index (κ3) is 4.48. The van der Waals surface area contributed by atoms with Crippen molar-refractivity contribution in [2.24, 2.45) is 11.8 Å². The van der Waals surface area contributed by atoms with Crippen molar-refractivity contribution in [2.75, 3.05) is 0 Å². The lowest BCUT2D eigenvalue weighted by Gasteiger charge is -2.23. The van der Waals surface area contributed by atoms with Crippen LogP contribution >= 0.6 is 0 Å². The largest absolute Gasteiger partial charge is 0.355 e. The fourth-order valence-electron chi connectivity index (χ4n) is 10.0. The number of hydrogen-bond acceptors (Lipinski definition) is 2. The number of rotatable bonds is 4. The minimum atomic E-state index is 0.304. The van der Waals surface area contributed by atoms with Crippen LogP contribution in [0, 0.1) is 11.8 Å². The highest BCUT2D eigenvalue weighted by atomic mass is 14.8. The van der Waals surface area contributed by atoms with Crippen LogP contribution in [0.25, 0.3) is 44.4 Å². The van der Waals surface area contributed by atoms with E-state index in [0.717, 1.165) is 87.0 Å². The van der Waals surface area contributed by atoms with E-state index >= 15 is 0 Å². The molecule has 48 heavy (non-hydrogen) atoms. The van der Waals surface area contributed by atoms with Crippen LogP contribution in [0.3, 0.4) is 0 Å². The van der Waals surface area contributed by atoms with Gasteiger partial charge in [0.2, 0.25) is 0 Å². The molecular formula is C44H46N4. The molecule has 4 nitrogen and oxygen atoms in total. The van der Waals surface area contributed by atoms with Gasteiger partial charge in [-0.3, -0.25) is 0 Å². The van der Waals surface area contributed by atoms with Crippen LogP contribution < -0.4 is 0 Å². The Morgan fingerprint density at radius 2 is 0.896 bits per heavy atom. The molecule has 242 valence electrons. The van der Waals surface area contributed by atoms with Crippen molar-refractivity contribution in [1.29, 1.82) is 0 Å². The Labute approximate surface area is 284 Å². The fourth-order valence-corrected chi connectivity index (χ4v) is 10.0. The summed E-state index contributed by atoms with van der Waals surface area (Å²) in [6.07, 6.45) is 22.0. The number of nitrogens with zero attached hydrogens (tertiary/aromatic N) is 2. The molecule has 4 aliphatic carbocycles. The number of aromatic amines is 2. The summed E-state index contributed by atoms with van der Waals surface area (Å²) in [5.41, 5.74) is 20.3. The summed E-state index contributed by atoms with van der Waals surface area (Å²) in [4.78, 5) is 18.9. The van der Waals surface area contributed by atoms with E-state index in [1.165, 1.54) is 79.5 Å². The topological polar surface area (TPSA) is 57.4 Å². The number of aryl methyl sites for hydroxylation is 2. The predicted octanol–water partition coefficient (Wildman–Crippen LogP) is 11.3. The first-order chi connectivity index (χ1) is 23.6. The molecule has 0 fully saturated rings. The lowest BCUT2D eigenvalue weighted by Crippen LogP contribution is -2.07. The van der Waals surface area contributed by atoms with E-state index in [9.17, 15) is 0 Å². The van der Waals surface area contributed by atoms with E-state index in [-0.39, 0.29) is 0 Å². The summed E-state index contributed by atoms with van der Waals surface area (Å²) in [6, 6.07) is 9.42. The molecule has 0 saturated heterocycles. The van der Waals surface area contributed by atoms with E-state index < -0.39 is 0 Å². The molecule has 0 radical (unpaired) electrons. The van der Waals surface area contributed by atoms with Crippen molar-refractivity contribution < 1.29 is 0 Å². The van der Waals surface area contributed by atoms with Gasteiger partial charge in [-0.15, -0.1) is 26.3 Å². The van der Waals surface area contributed by atoms with Crippen LogP contribution in [0.1, 0.15) is 121 Å². The van der Waals surface area contributed by atoms with Gasteiger partial charge in [0.15, 0.2) is 0 Å². The van der Waals surface area contributed by atoms with Gasteiger partial charge in [-0.2, -0.15) is 0 Å². The number of allylic oxidation sites excluding steroid dienone is 8. The minimum Gasteiger partial charge on any atom is -0.355 e. The molecule has 2 aliphatic heterocycles. The third-order valence-electron chi connectivity index (χ3n) is 12.2. The van der Waals surface area contributed by atoms with Gasteiger partial charge in [-0.1, -0.05) is 24.3 Å². The van der Waals surface area contributed by atoms with Crippen LogP contribution in [0.2, 0.25) is 0 Å². The molecule has 9 rings (SSSR count). The number of aromatic nitrogens is 4. The standard InChI is InChI=1S/C44H46N4/c1-5-25-13-9-17-29-33-22-38-43-27(7-3)15-11-19-31(43)35(47-38)24-40-44-28(8-4)16-12-20-32(44)36(48-40)23-39-42-26(6-2)14-10-18-30(42)34(46-39)21-37(45-33)41(25)29/h5-8,21-28,45-46H,1-4,9-20H2. The van der Waals surface area contributed by atoms with Gasteiger partial charge < -0.3 is 9.97 Å². The minimum absolute atomic E-state index is 0.304. The number of fused-ring (bicyclic) bond motifs is 18. The molecule has 4 atom stereocenters. The molecule has 0 amide bonds. The molecule has 0 aromatic carbocycles. The Kier molecular flexibility index (Phi) is 7.18. The zero-order valence-electron chi connectivity index (χ0n) is 28.1. The van der Waals surface area contributed by atoms with Crippen molar-refractivity contribution in [3.63, 3.8) is 0 Å². The maximum Gasteiger partial charge on any atom is 0.0700 e. The van der Waals surface area contributed by atoms with Crippen molar-refractivity contribution >= 4 is 44.4 Å². The molecule has 0 spiro atoms. The van der Waals surface area contributed by atoms with Crippen molar-refractivity contribution in [3.8, 4) is 0 Å². The van der Waals surface area contributed by atoms with Gasteiger partial charge in [0.25, 0.3) is 0 Å². The molecule has 0 saturated carbocycles. The summed E-state index contributed by atoms with van der Waals surface area (Å²) < 4.78 is 0. The van der Waals surface area contributed by atoms with Crippen LogP contribution in [0.15, 0.2) is 74.9 Å². The molecule has 4 heteroatoms. The lowest BCUT2D eigenvalue weighted by molar-refractivity contribution is 0.639. The number of H-pyrrole nitrogens is 2. The summed E-state index contributed by atoms with van der Waals surface area (Å²) in [7, 11) is 0. The van der Waals surface area contributed by atoms with Gasteiger partial charge in [0.1, 0.15) is 0 Å². The molecule has 2 N–H and O–H groups in total. The fraction of sp³-hybridized carbons (Fsp3) is 0.364. The molecule has 3 aromatic rings. The van der Waals surface area contributed by atoms with Gasteiger partial charge in [0.05, 0.1) is 22.8 Å². The van der Waals surface area contributed by atoms with E-state index in [4.69, 9.17) is 9.97 Å². The quantitative estimate of drug-likeness (QED) is 0.282. The Bertz CT molecular complexity index is 2140. The second kappa shape index (κ2) is 11.6. The number of nitrogens with one attached hydrogen (secondary N) is 2. The highest BCUT2D eigenvalue weighted by Gasteiger charge is 2.33. The second-order valence-electron chi connectivity index (χ2n) is 14.8. The maximum atomic E-state index is 5.47. The summed E-state index contributed by atoms with van der Waals surface area (Å²) in [6.45, 7) is 17.2. The van der Waals surface area contributed by atoms with E-state index in [0.29, 0.717) is 23.7 Å². The lowest BCUT2D eigenvalue weighted by atomic mass is 9.80. The first-order valence-corrected chi connectivity index (χ1v) is 18.4. The average molecular weight is 631 g/mol. The molecule has 5 heterocycles. The maximum absolute atomic E-state index is 5.47. The summed E-state index contributed by atoms with van der Waals surface area (Å²) >= 11 is 0. The van der Waals surface area contributed by atoms with Gasteiger partial charge >= 0.3 is 0 Å². The van der Waals surface area contributed by atoms with E-state index in [2.05, 4.69) is 84.9 Å². The Morgan fingerprint density at radius 1 is 0.479 bits per heavy atom. The van der Waals surface area contributed by atoms with Crippen molar-refractivity contribution in [3.05, 3.63) is 120 Å². The van der Waals surface area contributed by atoms with Crippen molar-refractivity contribution in [1.82, 2.24) is 19.9 Å². The zero-order valence-corrected chi connectivity index (χ0v) is 28.1. The average Bonchev–Trinajstić information content (AvgIpc) is 3.86. The second-order valence-corrected chi connectivity index (χ2v) is 14.8. The van der Waals surface area contributed by atoms with Crippen LogP contribution in [-0.2, 0) is 12.8 Å². The van der Waals surface area contributed by atoms with Crippen molar-refractivity contribution in [2.45, 2.75) is 88.9 Å². The molecule has 8 bridgehead atoms. The highest BCUT2D eigenvalue weighted by Crippen LogP contribution is 2.49. The summed E-state index contributed by atoms with van der Waals surface area (Å²) in [5, 5.41) is 0. The highest BCUT2D eigenvalue weighted by molar-refractivity contribution is 5.98. The Morgan fingerprint density at radius 3 is 1.44 bits per heavy atom. The van der Waals surface area contributed by atoms with Crippen LogP contribution in [0.4, 0.5) is 0 Å². The first kappa shape index (κ1) is 29.7. The van der Waals surface area contributed by atoms with Gasteiger partial charge in [-0.25, -0.2) is 9.97 Å². The Hall–Kier alpha value is -4.44. The van der Waals surface area contributed by atoms with Crippen LogP contribution in [-0.4, -0.2) is 19.9 Å².